The summed E-state index contributed by atoms with van der Waals surface area (Å²) in [5.41, 5.74) is 1.89. The van der Waals surface area contributed by atoms with Crippen LogP contribution in [-0.4, -0.2) is 37.6 Å². The minimum Gasteiger partial charge on any atom is -0.468 e. The number of benzene rings is 2. The smallest absolute Gasteiger partial charge is 0.322 e. The molecule has 0 aliphatic carbocycles. The predicted octanol–water partition coefficient (Wildman–Crippen LogP) is 1.84. The van der Waals surface area contributed by atoms with Crippen LogP contribution in [0.4, 0.5) is 0 Å². The van der Waals surface area contributed by atoms with Gasteiger partial charge in [-0.05, 0) is 17.5 Å². The summed E-state index contributed by atoms with van der Waals surface area (Å²) < 4.78 is 4.76. The van der Waals surface area contributed by atoms with Gasteiger partial charge in [0, 0.05) is 12.6 Å². The summed E-state index contributed by atoms with van der Waals surface area (Å²) in [6.45, 7) is 0.557. The molecule has 1 fully saturated rings. The number of ether oxygens (including phenoxy) is 1. The third-order valence-corrected chi connectivity index (χ3v) is 4.49. The van der Waals surface area contributed by atoms with Gasteiger partial charge in [0.25, 0.3) is 0 Å². The minimum absolute atomic E-state index is 0.0604. The molecule has 1 heterocycles. The molecule has 1 aliphatic rings. The molecule has 2 N–H and O–H groups in total. The summed E-state index contributed by atoms with van der Waals surface area (Å²) in [7, 11) is 1.37. The van der Waals surface area contributed by atoms with Crippen molar-refractivity contribution in [3.8, 4) is 0 Å². The van der Waals surface area contributed by atoms with E-state index in [-0.39, 0.29) is 29.9 Å². The van der Waals surface area contributed by atoms with E-state index in [1.165, 1.54) is 7.11 Å². The van der Waals surface area contributed by atoms with Gasteiger partial charge >= 0.3 is 5.97 Å². The highest BCUT2D eigenvalue weighted by molar-refractivity contribution is 5.87. The quantitative estimate of drug-likeness (QED) is 0.817. The van der Waals surface area contributed by atoms with Crippen LogP contribution >= 0.6 is 0 Å². The van der Waals surface area contributed by atoms with E-state index in [0.717, 1.165) is 11.1 Å². The molecule has 0 aromatic heterocycles. The van der Waals surface area contributed by atoms with Crippen molar-refractivity contribution in [1.29, 1.82) is 0 Å². The normalized spacial score (nSPS) is 19.6. The van der Waals surface area contributed by atoms with Crippen molar-refractivity contribution < 1.29 is 14.3 Å². The van der Waals surface area contributed by atoms with E-state index < -0.39 is 0 Å². The fourth-order valence-electron chi connectivity index (χ4n) is 3.24. The molecule has 5 heteroatoms. The molecule has 1 saturated heterocycles. The third-order valence-electron chi connectivity index (χ3n) is 4.49. The molecule has 0 bridgehead atoms. The van der Waals surface area contributed by atoms with E-state index in [9.17, 15) is 9.59 Å². The van der Waals surface area contributed by atoms with Crippen molar-refractivity contribution in [3.63, 3.8) is 0 Å². The molecule has 0 spiro atoms. The van der Waals surface area contributed by atoms with Crippen LogP contribution in [0.1, 0.15) is 23.5 Å². The molecule has 130 valence electrons. The van der Waals surface area contributed by atoms with Gasteiger partial charge in [-0.15, -0.1) is 0 Å². The highest BCUT2D eigenvalue weighted by Gasteiger charge is 2.32. The largest absolute Gasteiger partial charge is 0.468 e. The Kier molecular flexibility index (Phi) is 5.46. The fourth-order valence-corrected chi connectivity index (χ4v) is 3.24. The van der Waals surface area contributed by atoms with Crippen LogP contribution in [0.3, 0.4) is 0 Å². The van der Waals surface area contributed by atoms with E-state index in [1.807, 2.05) is 60.7 Å². The van der Waals surface area contributed by atoms with Crippen LogP contribution in [0.15, 0.2) is 60.7 Å². The SMILES string of the molecule is COC(=O)[C@@H]1C[C@@H](NC(=O)C(c2ccccc2)c2ccccc2)CN1. The molecular formula is C20H22N2O3. The lowest BCUT2D eigenvalue weighted by molar-refractivity contribution is -0.142. The highest BCUT2D eigenvalue weighted by atomic mass is 16.5. The predicted molar refractivity (Wildman–Crippen MR) is 95.1 cm³/mol. The maximum atomic E-state index is 13.0. The van der Waals surface area contributed by atoms with Gasteiger partial charge in [0.1, 0.15) is 6.04 Å². The number of esters is 1. The molecule has 0 unspecified atom stereocenters. The van der Waals surface area contributed by atoms with E-state index in [2.05, 4.69) is 10.6 Å². The van der Waals surface area contributed by atoms with Gasteiger partial charge in [0.15, 0.2) is 0 Å². The molecule has 2 atom stereocenters. The Bertz CT molecular complexity index is 679. The Labute approximate surface area is 147 Å². The first-order valence-corrected chi connectivity index (χ1v) is 8.40. The van der Waals surface area contributed by atoms with Crippen molar-refractivity contribution in [2.45, 2.75) is 24.4 Å². The second-order valence-corrected chi connectivity index (χ2v) is 6.18. The summed E-state index contributed by atoms with van der Waals surface area (Å²) in [6.07, 6.45) is 0.536. The number of nitrogens with one attached hydrogen (secondary N) is 2. The molecule has 1 aliphatic heterocycles. The second-order valence-electron chi connectivity index (χ2n) is 6.18. The standard InChI is InChI=1S/C20H22N2O3/c1-25-20(24)17-12-16(13-21-17)22-19(23)18(14-8-4-2-5-9-14)15-10-6-3-7-11-15/h2-11,16-18,21H,12-13H2,1H3,(H,22,23)/t16-,17+/m1/s1. The van der Waals surface area contributed by atoms with E-state index in [0.29, 0.717) is 13.0 Å². The zero-order valence-corrected chi connectivity index (χ0v) is 14.1. The Morgan fingerprint density at radius 1 is 1.04 bits per heavy atom. The maximum absolute atomic E-state index is 13.0. The van der Waals surface area contributed by atoms with E-state index in [1.54, 1.807) is 0 Å². The average Bonchev–Trinajstić information content (AvgIpc) is 3.11. The molecule has 0 saturated carbocycles. The molecule has 5 nitrogen and oxygen atoms in total. The first-order chi connectivity index (χ1) is 12.2. The number of methoxy groups -OCH3 is 1. The lowest BCUT2D eigenvalue weighted by atomic mass is 9.90. The van der Waals surface area contributed by atoms with Crippen LogP contribution in [-0.2, 0) is 14.3 Å². The lowest BCUT2D eigenvalue weighted by Crippen LogP contribution is -2.39. The average molecular weight is 338 g/mol. The highest BCUT2D eigenvalue weighted by Crippen LogP contribution is 2.25. The number of rotatable bonds is 5. The Hall–Kier alpha value is -2.66. The zero-order chi connectivity index (χ0) is 17.6. The molecule has 1 amide bonds. The Morgan fingerprint density at radius 3 is 2.12 bits per heavy atom. The van der Waals surface area contributed by atoms with Crippen LogP contribution in [0.5, 0.6) is 0 Å². The lowest BCUT2D eigenvalue weighted by Gasteiger charge is -2.20. The van der Waals surface area contributed by atoms with Crippen LogP contribution in [0, 0.1) is 0 Å². The molecule has 0 radical (unpaired) electrons. The van der Waals surface area contributed by atoms with Crippen molar-refractivity contribution in [2.24, 2.45) is 0 Å². The number of carbonyl (C=O) groups excluding carboxylic acids is 2. The first-order valence-electron chi connectivity index (χ1n) is 8.40. The van der Waals surface area contributed by atoms with Gasteiger partial charge < -0.3 is 15.4 Å². The molecular weight excluding hydrogens is 316 g/mol. The van der Waals surface area contributed by atoms with Crippen LogP contribution < -0.4 is 10.6 Å². The van der Waals surface area contributed by atoms with E-state index in [4.69, 9.17) is 4.74 Å². The number of hydrogen-bond donors (Lipinski definition) is 2. The van der Waals surface area contributed by atoms with Gasteiger partial charge in [-0.3, -0.25) is 9.59 Å². The summed E-state index contributed by atoms with van der Waals surface area (Å²) in [4.78, 5) is 24.6. The van der Waals surface area contributed by atoms with Crippen molar-refractivity contribution in [3.05, 3.63) is 71.8 Å². The van der Waals surface area contributed by atoms with Crippen molar-refractivity contribution in [1.82, 2.24) is 10.6 Å². The zero-order valence-electron chi connectivity index (χ0n) is 14.1. The van der Waals surface area contributed by atoms with Crippen molar-refractivity contribution in [2.75, 3.05) is 13.7 Å². The topological polar surface area (TPSA) is 67.4 Å². The van der Waals surface area contributed by atoms with Gasteiger partial charge in [-0.2, -0.15) is 0 Å². The summed E-state index contributed by atoms with van der Waals surface area (Å²) in [5.74, 6) is -0.728. The maximum Gasteiger partial charge on any atom is 0.322 e. The van der Waals surface area contributed by atoms with Crippen LogP contribution in [0.2, 0.25) is 0 Å². The monoisotopic (exact) mass is 338 g/mol. The Balaban J connectivity index is 1.76. The molecule has 2 aromatic rings. The summed E-state index contributed by atoms with van der Waals surface area (Å²) >= 11 is 0. The van der Waals surface area contributed by atoms with Gasteiger partial charge in [0.05, 0.1) is 13.0 Å². The van der Waals surface area contributed by atoms with Gasteiger partial charge in [0.2, 0.25) is 5.91 Å². The first kappa shape index (κ1) is 17.2. The van der Waals surface area contributed by atoms with Gasteiger partial charge in [-0.1, -0.05) is 60.7 Å². The third kappa shape index (κ3) is 4.06. The molecule has 3 rings (SSSR count). The summed E-state index contributed by atoms with van der Waals surface area (Å²) in [5, 5.41) is 6.17. The molecule has 25 heavy (non-hydrogen) atoms. The van der Waals surface area contributed by atoms with Crippen molar-refractivity contribution >= 4 is 11.9 Å². The minimum atomic E-state index is -0.375. The fraction of sp³-hybridized carbons (Fsp3) is 0.300. The molecule has 2 aromatic carbocycles. The summed E-state index contributed by atoms with van der Waals surface area (Å²) in [6, 6.07) is 19.0. The number of carbonyl (C=O) groups is 2. The number of amides is 1. The Morgan fingerprint density at radius 2 is 1.60 bits per heavy atom. The second kappa shape index (κ2) is 7.94. The van der Waals surface area contributed by atoms with Gasteiger partial charge in [-0.25, -0.2) is 0 Å². The number of hydrogen-bond acceptors (Lipinski definition) is 4. The van der Waals surface area contributed by atoms with E-state index >= 15 is 0 Å². The van der Waals surface area contributed by atoms with Crippen LogP contribution in [0.25, 0.3) is 0 Å².